The second kappa shape index (κ2) is 10.8. The third kappa shape index (κ3) is 6.64. The van der Waals surface area contributed by atoms with Crippen LogP contribution in [0.1, 0.15) is 66.2 Å². The molecule has 1 heterocycles. The summed E-state index contributed by atoms with van der Waals surface area (Å²) < 4.78 is 5.97. The van der Waals surface area contributed by atoms with Gasteiger partial charge in [0.15, 0.2) is 0 Å². The zero-order chi connectivity index (χ0) is 20.5. The molecule has 0 unspecified atom stereocenters. The van der Waals surface area contributed by atoms with Gasteiger partial charge in [-0.25, -0.2) is 4.98 Å². The van der Waals surface area contributed by atoms with Crippen LogP contribution in [-0.2, 0) is 11.4 Å². The van der Waals surface area contributed by atoms with Gasteiger partial charge < -0.3 is 15.4 Å². The average Bonchev–Trinajstić information content (AvgIpc) is 3.12. The van der Waals surface area contributed by atoms with Crippen molar-refractivity contribution in [2.45, 2.75) is 53.1 Å². The molecule has 2 rings (SSSR count). The van der Waals surface area contributed by atoms with Crippen LogP contribution in [0, 0.1) is 6.92 Å². The van der Waals surface area contributed by atoms with Crippen molar-refractivity contribution in [3.63, 3.8) is 0 Å². The molecule has 0 saturated carbocycles. The lowest BCUT2D eigenvalue weighted by Crippen LogP contribution is -2.34. The molecule has 7 heteroatoms. The van der Waals surface area contributed by atoms with Crippen molar-refractivity contribution < 1.29 is 14.3 Å². The van der Waals surface area contributed by atoms with Gasteiger partial charge in [-0.15, -0.1) is 11.3 Å². The lowest BCUT2D eigenvalue weighted by Gasteiger charge is -2.14. The SMILES string of the molecule is CCCC(=O)NCCNC(=O)c1csc(COc2cc(C)ccc2C(C)C)n1. The highest BCUT2D eigenvalue weighted by Crippen LogP contribution is 2.28. The van der Waals surface area contributed by atoms with E-state index in [-0.39, 0.29) is 11.8 Å². The number of nitrogens with one attached hydrogen (secondary N) is 2. The Morgan fingerprint density at radius 1 is 1.21 bits per heavy atom. The molecular formula is C21H29N3O3S. The van der Waals surface area contributed by atoms with Crippen molar-refractivity contribution in [1.82, 2.24) is 15.6 Å². The number of hydrogen-bond acceptors (Lipinski definition) is 5. The Balaban J connectivity index is 1.85. The van der Waals surface area contributed by atoms with Crippen LogP contribution in [0.3, 0.4) is 0 Å². The van der Waals surface area contributed by atoms with Gasteiger partial charge >= 0.3 is 0 Å². The van der Waals surface area contributed by atoms with Crippen molar-refractivity contribution in [1.29, 1.82) is 0 Å². The third-order valence-corrected chi connectivity index (χ3v) is 4.96. The Kier molecular flexibility index (Phi) is 8.44. The molecule has 0 aliphatic heterocycles. The van der Waals surface area contributed by atoms with Crippen LogP contribution in [0.5, 0.6) is 5.75 Å². The number of amides is 2. The number of carbonyl (C=O) groups is 2. The molecule has 0 fully saturated rings. The van der Waals surface area contributed by atoms with Crippen LogP contribution < -0.4 is 15.4 Å². The van der Waals surface area contributed by atoms with Crippen LogP contribution in [-0.4, -0.2) is 29.9 Å². The second-order valence-corrected chi connectivity index (χ2v) is 7.91. The number of rotatable bonds is 10. The molecule has 1 aromatic heterocycles. The number of benzene rings is 1. The maximum Gasteiger partial charge on any atom is 0.270 e. The Labute approximate surface area is 170 Å². The number of ether oxygens (including phenoxy) is 1. The second-order valence-electron chi connectivity index (χ2n) is 6.97. The summed E-state index contributed by atoms with van der Waals surface area (Å²) in [6, 6.07) is 6.21. The predicted molar refractivity (Wildman–Crippen MR) is 112 cm³/mol. The normalized spacial score (nSPS) is 10.8. The van der Waals surface area contributed by atoms with Crippen molar-refractivity contribution >= 4 is 23.2 Å². The van der Waals surface area contributed by atoms with Crippen molar-refractivity contribution in [2.75, 3.05) is 13.1 Å². The zero-order valence-electron chi connectivity index (χ0n) is 17.0. The van der Waals surface area contributed by atoms with Gasteiger partial charge in [0.05, 0.1) is 0 Å². The standard InChI is InChI=1S/C21H29N3O3S/c1-5-6-19(25)22-9-10-23-21(26)17-13-28-20(24-17)12-27-18-11-15(4)7-8-16(18)14(2)3/h7-8,11,13-14H,5-6,9-10,12H2,1-4H3,(H,22,25)(H,23,26). The van der Waals surface area contributed by atoms with E-state index in [9.17, 15) is 9.59 Å². The van der Waals surface area contributed by atoms with E-state index in [1.54, 1.807) is 5.38 Å². The van der Waals surface area contributed by atoms with Gasteiger partial charge in [-0.1, -0.05) is 32.9 Å². The number of aromatic nitrogens is 1. The molecule has 0 spiro atoms. The van der Waals surface area contributed by atoms with E-state index in [0.717, 1.165) is 28.3 Å². The minimum absolute atomic E-state index is 0.00163. The summed E-state index contributed by atoms with van der Waals surface area (Å²) in [6.07, 6.45) is 1.31. The fourth-order valence-corrected chi connectivity index (χ4v) is 3.33. The Morgan fingerprint density at radius 3 is 2.68 bits per heavy atom. The molecule has 152 valence electrons. The van der Waals surface area contributed by atoms with Gasteiger partial charge in [-0.3, -0.25) is 9.59 Å². The van der Waals surface area contributed by atoms with E-state index in [1.807, 2.05) is 19.9 Å². The van der Waals surface area contributed by atoms with Crippen LogP contribution in [0.4, 0.5) is 0 Å². The van der Waals surface area contributed by atoms with Gasteiger partial charge in [-0.05, 0) is 36.5 Å². The van der Waals surface area contributed by atoms with Gasteiger partial charge in [0.25, 0.3) is 5.91 Å². The molecule has 0 bridgehead atoms. The molecule has 0 aliphatic carbocycles. The summed E-state index contributed by atoms with van der Waals surface area (Å²) in [7, 11) is 0. The molecule has 0 aliphatic rings. The fourth-order valence-electron chi connectivity index (χ4n) is 2.65. The first kappa shape index (κ1) is 21.9. The van der Waals surface area contributed by atoms with Gasteiger partial charge in [0.1, 0.15) is 23.1 Å². The summed E-state index contributed by atoms with van der Waals surface area (Å²) in [6.45, 7) is 9.37. The first-order valence-corrected chi connectivity index (χ1v) is 10.5. The number of thiazole rings is 1. The molecule has 0 saturated heterocycles. The molecule has 2 aromatic rings. The predicted octanol–water partition coefficient (Wildman–Crippen LogP) is 3.80. The van der Waals surface area contributed by atoms with E-state index in [2.05, 4.69) is 41.6 Å². The first-order chi connectivity index (χ1) is 13.4. The average molecular weight is 404 g/mol. The number of aryl methyl sites for hydroxylation is 1. The van der Waals surface area contributed by atoms with E-state index in [4.69, 9.17) is 4.74 Å². The van der Waals surface area contributed by atoms with Crippen molar-refractivity contribution in [3.05, 3.63) is 45.4 Å². The minimum atomic E-state index is -0.245. The first-order valence-electron chi connectivity index (χ1n) is 9.63. The molecule has 28 heavy (non-hydrogen) atoms. The largest absolute Gasteiger partial charge is 0.486 e. The number of hydrogen-bond donors (Lipinski definition) is 2. The quantitative estimate of drug-likeness (QED) is 0.591. The highest BCUT2D eigenvalue weighted by molar-refractivity contribution is 7.09. The highest BCUT2D eigenvalue weighted by Gasteiger charge is 2.13. The van der Waals surface area contributed by atoms with Crippen LogP contribution in [0.15, 0.2) is 23.6 Å². The highest BCUT2D eigenvalue weighted by atomic mass is 32.1. The molecular weight excluding hydrogens is 374 g/mol. The van der Waals surface area contributed by atoms with Gasteiger partial charge in [-0.2, -0.15) is 0 Å². The Hall–Kier alpha value is -2.41. The molecule has 6 nitrogen and oxygen atoms in total. The zero-order valence-corrected chi connectivity index (χ0v) is 17.8. The van der Waals surface area contributed by atoms with E-state index < -0.39 is 0 Å². The summed E-state index contributed by atoms with van der Waals surface area (Å²) >= 11 is 1.40. The van der Waals surface area contributed by atoms with E-state index >= 15 is 0 Å². The van der Waals surface area contributed by atoms with E-state index in [0.29, 0.717) is 37.7 Å². The van der Waals surface area contributed by atoms with Gasteiger partial charge in [0, 0.05) is 24.9 Å². The van der Waals surface area contributed by atoms with Crippen LogP contribution in [0.25, 0.3) is 0 Å². The van der Waals surface area contributed by atoms with Crippen LogP contribution in [0.2, 0.25) is 0 Å². The molecule has 2 amide bonds. The number of nitrogens with zero attached hydrogens (tertiary/aromatic N) is 1. The smallest absolute Gasteiger partial charge is 0.270 e. The maximum absolute atomic E-state index is 12.2. The summed E-state index contributed by atoms with van der Waals surface area (Å²) in [5, 5.41) is 8.00. The van der Waals surface area contributed by atoms with Gasteiger partial charge in [0.2, 0.25) is 5.91 Å². The Bertz CT molecular complexity index is 802. The maximum atomic E-state index is 12.2. The third-order valence-electron chi connectivity index (χ3n) is 4.14. The van der Waals surface area contributed by atoms with Crippen molar-refractivity contribution in [3.8, 4) is 5.75 Å². The monoisotopic (exact) mass is 403 g/mol. The number of carbonyl (C=O) groups excluding carboxylic acids is 2. The fraction of sp³-hybridized carbons (Fsp3) is 0.476. The van der Waals surface area contributed by atoms with E-state index in [1.165, 1.54) is 11.3 Å². The molecule has 0 radical (unpaired) electrons. The minimum Gasteiger partial charge on any atom is -0.486 e. The van der Waals surface area contributed by atoms with Crippen molar-refractivity contribution in [2.24, 2.45) is 0 Å². The molecule has 1 aromatic carbocycles. The summed E-state index contributed by atoms with van der Waals surface area (Å²) in [5.41, 5.74) is 2.67. The Morgan fingerprint density at radius 2 is 1.96 bits per heavy atom. The summed E-state index contributed by atoms with van der Waals surface area (Å²) in [4.78, 5) is 27.9. The lowest BCUT2D eigenvalue weighted by molar-refractivity contribution is -0.121. The van der Waals surface area contributed by atoms with Crippen LogP contribution >= 0.6 is 11.3 Å². The molecule has 0 atom stereocenters. The summed E-state index contributed by atoms with van der Waals surface area (Å²) in [5.74, 6) is 0.984. The molecule has 2 N–H and O–H groups in total. The topological polar surface area (TPSA) is 80.3 Å². The lowest BCUT2D eigenvalue weighted by atomic mass is 10.0.